The van der Waals surface area contributed by atoms with Crippen LogP contribution in [0.2, 0.25) is 0 Å². The Morgan fingerprint density at radius 2 is 1.83 bits per heavy atom. The van der Waals surface area contributed by atoms with Gasteiger partial charge in [-0.25, -0.2) is 4.79 Å². The van der Waals surface area contributed by atoms with Crippen LogP contribution in [0, 0.1) is 5.92 Å². The standard InChI is InChI=1S/C22H30BrN3O4/c1-22(2,3)30-21(29)25-15-19(27)24-14-16-10-12-26(13-11-16)20(28)9-8-17-6-4-5-7-18(17)23/h4-9,16H,10-15H2,1-3H3,(H,24,27)(H,25,29)/b9-8+. The van der Waals surface area contributed by atoms with Crippen molar-refractivity contribution in [3.8, 4) is 0 Å². The molecule has 8 heteroatoms. The highest BCUT2D eigenvalue weighted by atomic mass is 79.9. The molecule has 0 radical (unpaired) electrons. The van der Waals surface area contributed by atoms with Crippen LogP contribution in [0.3, 0.4) is 0 Å². The fourth-order valence-corrected chi connectivity index (χ4v) is 3.44. The topological polar surface area (TPSA) is 87.7 Å². The molecule has 0 bridgehead atoms. The Morgan fingerprint density at radius 1 is 1.17 bits per heavy atom. The van der Waals surface area contributed by atoms with E-state index in [4.69, 9.17) is 4.74 Å². The van der Waals surface area contributed by atoms with Crippen molar-refractivity contribution in [3.63, 3.8) is 0 Å². The molecule has 7 nitrogen and oxygen atoms in total. The summed E-state index contributed by atoms with van der Waals surface area (Å²) >= 11 is 3.47. The van der Waals surface area contributed by atoms with E-state index in [1.807, 2.05) is 35.2 Å². The van der Waals surface area contributed by atoms with Crippen molar-refractivity contribution in [1.82, 2.24) is 15.5 Å². The summed E-state index contributed by atoms with van der Waals surface area (Å²) in [5.41, 5.74) is 0.363. The number of carbonyl (C=O) groups is 3. The first kappa shape index (κ1) is 23.9. The van der Waals surface area contributed by atoms with Gasteiger partial charge in [0.05, 0.1) is 6.54 Å². The van der Waals surface area contributed by atoms with Crippen molar-refractivity contribution >= 4 is 39.9 Å². The van der Waals surface area contributed by atoms with Gasteiger partial charge >= 0.3 is 6.09 Å². The van der Waals surface area contributed by atoms with Crippen molar-refractivity contribution < 1.29 is 19.1 Å². The quantitative estimate of drug-likeness (QED) is 0.612. The summed E-state index contributed by atoms with van der Waals surface area (Å²) in [4.78, 5) is 37.7. The van der Waals surface area contributed by atoms with Gasteiger partial charge < -0.3 is 20.3 Å². The first-order valence-corrected chi connectivity index (χ1v) is 10.9. The highest BCUT2D eigenvalue weighted by molar-refractivity contribution is 9.10. The normalized spacial score (nSPS) is 15.1. The number of rotatable bonds is 6. The number of hydrogen-bond acceptors (Lipinski definition) is 4. The number of carbonyl (C=O) groups excluding carboxylic acids is 3. The summed E-state index contributed by atoms with van der Waals surface area (Å²) in [6.07, 6.45) is 4.46. The average Bonchev–Trinajstić information content (AvgIpc) is 2.69. The molecule has 1 saturated heterocycles. The Hall–Kier alpha value is -2.35. The lowest BCUT2D eigenvalue weighted by Gasteiger charge is -2.31. The van der Waals surface area contributed by atoms with E-state index >= 15 is 0 Å². The van der Waals surface area contributed by atoms with Crippen LogP contribution >= 0.6 is 15.9 Å². The third-order valence-corrected chi connectivity index (χ3v) is 5.34. The second-order valence-electron chi connectivity index (χ2n) is 8.28. The van der Waals surface area contributed by atoms with Gasteiger partial charge in [-0.05, 0) is 57.2 Å². The Labute approximate surface area is 186 Å². The van der Waals surface area contributed by atoms with Crippen LogP contribution in [0.25, 0.3) is 6.08 Å². The number of benzene rings is 1. The average molecular weight is 480 g/mol. The fraction of sp³-hybridized carbons (Fsp3) is 0.500. The van der Waals surface area contributed by atoms with E-state index < -0.39 is 11.7 Å². The van der Waals surface area contributed by atoms with Crippen molar-refractivity contribution in [2.75, 3.05) is 26.2 Å². The third kappa shape index (κ3) is 8.57. The number of piperidine rings is 1. The van der Waals surface area contributed by atoms with Crippen LogP contribution in [0.5, 0.6) is 0 Å². The molecule has 0 saturated carbocycles. The maximum Gasteiger partial charge on any atom is 0.408 e. The van der Waals surface area contributed by atoms with E-state index in [0.717, 1.165) is 22.9 Å². The van der Waals surface area contributed by atoms with Gasteiger partial charge in [-0.15, -0.1) is 0 Å². The highest BCUT2D eigenvalue weighted by Gasteiger charge is 2.22. The smallest absolute Gasteiger partial charge is 0.408 e. The Balaban J connectivity index is 1.67. The van der Waals surface area contributed by atoms with Gasteiger partial charge in [0.1, 0.15) is 5.60 Å². The summed E-state index contributed by atoms with van der Waals surface area (Å²) in [7, 11) is 0. The van der Waals surface area contributed by atoms with Crippen LogP contribution in [0.1, 0.15) is 39.2 Å². The molecule has 0 aromatic heterocycles. The largest absolute Gasteiger partial charge is 0.444 e. The number of nitrogens with one attached hydrogen (secondary N) is 2. The lowest BCUT2D eigenvalue weighted by atomic mass is 9.96. The second-order valence-corrected chi connectivity index (χ2v) is 9.14. The molecule has 0 unspecified atom stereocenters. The number of alkyl carbamates (subject to hydrolysis) is 1. The van der Waals surface area contributed by atoms with Crippen molar-refractivity contribution in [2.45, 2.75) is 39.2 Å². The molecular weight excluding hydrogens is 450 g/mol. The SMILES string of the molecule is CC(C)(C)OC(=O)NCC(=O)NCC1CCN(C(=O)/C=C/c2ccccc2Br)CC1. The summed E-state index contributed by atoms with van der Waals surface area (Å²) < 4.78 is 6.04. The molecule has 1 aliphatic rings. The van der Waals surface area contributed by atoms with Crippen LogP contribution in [-0.4, -0.2) is 54.6 Å². The molecule has 1 fully saturated rings. The molecule has 3 amide bonds. The van der Waals surface area contributed by atoms with E-state index in [9.17, 15) is 14.4 Å². The van der Waals surface area contributed by atoms with Crippen molar-refractivity contribution in [3.05, 3.63) is 40.4 Å². The molecule has 1 aromatic rings. The molecular formula is C22H30BrN3O4. The summed E-state index contributed by atoms with van der Waals surface area (Å²) in [6.45, 7) is 7.03. The van der Waals surface area contributed by atoms with E-state index in [2.05, 4.69) is 26.6 Å². The number of hydrogen-bond donors (Lipinski definition) is 2. The Morgan fingerprint density at radius 3 is 2.47 bits per heavy atom. The second kappa shape index (κ2) is 11.2. The minimum atomic E-state index is -0.611. The molecule has 1 heterocycles. The van der Waals surface area contributed by atoms with Gasteiger partial charge in [0, 0.05) is 30.2 Å². The zero-order valence-electron chi connectivity index (χ0n) is 17.7. The molecule has 2 rings (SSSR count). The Bertz CT molecular complexity index is 781. The fourth-order valence-electron chi connectivity index (χ4n) is 3.02. The van der Waals surface area contributed by atoms with Crippen LogP contribution in [0.15, 0.2) is 34.8 Å². The first-order chi connectivity index (χ1) is 14.1. The van der Waals surface area contributed by atoms with E-state index in [-0.39, 0.29) is 18.4 Å². The van der Waals surface area contributed by atoms with Crippen LogP contribution in [-0.2, 0) is 14.3 Å². The molecule has 0 atom stereocenters. The molecule has 30 heavy (non-hydrogen) atoms. The predicted molar refractivity (Wildman–Crippen MR) is 120 cm³/mol. The van der Waals surface area contributed by atoms with Gasteiger partial charge in [0.2, 0.25) is 11.8 Å². The van der Waals surface area contributed by atoms with Crippen LogP contribution in [0.4, 0.5) is 4.79 Å². The van der Waals surface area contributed by atoms with Crippen molar-refractivity contribution in [2.24, 2.45) is 5.92 Å². The molecule has 2 N–H and O–H groups in total. The number of halogens is 1. The van der Waals surface area contributed by atoms with Crippen molar-refractivity contribution in [1.29, 1.82) is 0 Å². The summed E-state index contributed by atoms with van der Waals surface area (Å²) in [5.74, 6) is 0.0531. The van der Waals surface area contributed by atoms with Crippen LogP contribution < -0.4 is 10.6 Å². The highest BCUT2D eigenvalue weighted by Crippen LogP contribution is 2.19. The van der Waals surface area contributed by atoms with Gasteiger partial charge in [-0.3, -0.25) is 9.59 Å². The maximum absolute atomic E-state index is 12.4. The zero-order chi connectivity index (χ0) is 22.1. The van der Waals surface area contributed by atoms with E-state index in [0.29, 0.717) is 25.6 Å². The number of likely N-dealkylation sites (tertiary alicyclic amines) is 1. The Kier molecular flexibility index (Phi) is 8.89. The maximum atomic E-state index is 12.4. The third-order valence-electron chi connectivity index (χ3n) is 4.62. The van der Waals surface area contributed by atoms with Gasteiger partial charge in [0.15, 0.2) is 0 Å². The van der Waals surface area contributed by atoms with Gasteiger partial charge in [-0.2, -0.15) is 0 Å². The number of amides is 3. The lowest BCUT2D eigenvalue weighted by molar-refractivity contribution is -0.127. The first-order valence-electron chi connectivity index (χ1n) is 10.1. The predicted octanol–water partition coefficient (Wildman–Crippen LogP) is 3.34. The molecule has 164 valence electrons. The molecule has 1 aromatic carbocycles. The van der Waals surface area contributed by atoms with E-state index in [1.165, 1.54) is 0 Å². The monoisotopic (exact) mass is 479 g/mol. The minimum Gasteiger partial charge on any atom is -0.444 e. The van der Waals surface area contributed by atoms with Gasteiger partial charge in [0.25, 0.3) is 0 Å². The van der Waals surface area contributed by atoms with E-state index in [1.54, 1.807) is 26.8 Å². The number of ether oxygens (including phenoxy) is 1. The molecule has 0 aliphatic carbocycles. The molecule has 1 aliphatic heterocycles. The minimum absolute atomic E-state index is 0.00482. The molecule has 0 spiro atoms. The summed E-state index contributed by atoms with van der Waals surface area (Å²) in [5, 5.41) is 5.28. The summed E-state index contributed by atoms with van der Waals surface area (Å²) in [6, 6.07) is 7.74. The number of nitrogens with zero attached hydrogens (tertiary/aromatic N) is 1. The van der Waals surface area contributed by atoms with Gasteiger partial charge in [-0.1, -0.05) is 34.1 Å². The zero-order valence-corrected chi connectivity index (χ0v) is 19.3. The lowest BCUT2D eigenvalue weighted by Crippen LogP contribution is -2.43.